The molecule has 3 aliphatic rings. The molecule has 3 aliphatic heterocycles. The van der Waals surface area contributed by atoms with Crippen LogP contribution in [0.2, 0.25) is 0 Å². The molecule has 1 aromatic carbocycles. The summed E-state index contributed by atoms with van der Waals surface area (Å²) in [6, 6.07) is 8.85. The second kappa shape index (κ2) is 10.0. The molecule has 192 valence electrons. The molecular formula is C24H36N6O4S. The average Bonchev–Trinajstić information content (AvgIpc) is 3.18. The number of rotatable bonds is 6. The smallest absolute Gasteiger partial charge is 0.243 e. The van der Waals surface area contributed by atoms with Crippen molar-refractivity contribution in [1.29, 1.82) is 5.26 Å². The predicted molar refractivity (Wildman–Crippen MR) is 131 cm³/mol. The van der Waals surface area contributed by atoms with Gasteiger partial charge in [-0.25, -0.2) is 18.9 Å². The molecule has 10 nitrogen and oxygen atoms in total. The molecule has 3 saturated heterocycles. The van der Waals surface area contributed by atoms with E-state index >= 15 is 0 Å². The fourth-order valence-corrected chi connectivity index (χ4v) is 7.28. The van der Waals surface area contributed by atoms with Gasteiger partial charge in [-0.1, -0.05) is 6.92 Å². The Hall–Kier alpha value is -2.23. The fourth-order valence-electron chi connectivity index (χ4n) is 5.48. The van der Waals surface area contributed by atoms with Crippen LogP contribution in [0.3, 0.4) is 0 Å². The molecule has 4 rings (SSSR count). The van der Waals surface area contributed by atoms with Crippen molar-refractivity contribution in [3.05, 3.63) is 24.3 Å². The molecule has 3 unspecified atom stereocenters. The van der Waals surface area contributed by atoms with Crippen LogP contribution in [0.1, 0.15) is 40.5 Å². The molecule has 5 atom stereocenters. The summed E-state index contributed by atoms with van der Waals surface area (Å²) in [7, 11) is -3.64. The third-order valence-electron chi connectivity index (χ3n) is 7.11. The molecule has 0 aliphatic carbocycles. The van der Waals surface area contributed by atoms with Gasteiger partial charge in [0.2, 0.25) is 15.9 Å². The van der Waals surface area contributed by atoms with E-state index in [-0.39, 0.29) is 34.7 Å². The van der Waals surface area contributed by atoms with Gasteiger partial charge in [-0.15, -0.1) is 0 Å². The van der Waals surface area contributed by atoms with Gasteiger partial charge in [-0.05, 0) is 57.9 Å². The third kappa shape index (κ3) is 5.04. The largest absolute Gasteiger partial charge is 0.380 e. The summed E-state index contributed by atoms with van der Waals surface area (Å²) in [5.41, 5.74) is 3.61. The standard InChI is InChI=1S/C24H36N6O4S/c1-5-29(24(2,3)4)35(32,33)18-8-6-17(7-9-18)27-22-21-19(10-12-26-23(21)31)30(28-22)20-15-34-13-11-16(20)14-25/h6-9,16,19-22,27-28H,5,10-13,15H2,1-4H3,(H,26,31)/t16-,19?,20+,21?,22?/m1/s1. The molecular weight excluding hydrogens is 468 g/mol. The lowest BCUT2D eigenvalue weighted by Crippen LogP contribution is -2.56. The van der Waals surface area contributed by atoms with Crippen LogP contribution in [0.5, 0.6) is 0 Å². The minimum Gasteiger partial charge on any atom is -0.380 e. The summed E-state index contributed by atoms with van der Waals surface area (Å²) in [5.74, 6) is -0.568. The summed E-state index contributed by atoms with van der Waals surface area (Å²) in [4.78, 5) is 13.1. The minimum atomic E-state index is -3.64. The topological polar surface area (TPSA) is 127 Å². The Morgan fingerprint density at radius 1 is 1.23 bits per heavy atom. The van der Waals surface area contributed by atoms with Crippen molar-refractivity contribution in [2.45, 2.75) is 69.2 Å². The number of hydrogen-bond acceptors (Lipinski definition) is 8. The number of carbonyl (C=O) groups is 1. The van der Waals surface area contributed by atoms with E-state index in [4.69, 9.17) is 4.74 Å². The molecule has 11 heteroatoms. The van der Waals surface area contributed by atoms with Crippen LogP contribution in [-0.4, -0.2) is 73.7 Å². The molecule has 3 N–H and O–H groups in total. The Morgan fingerprint density at radius 3 is 2.57 bits per heavy atom. The number of anilines is 1. The zero-order valence-corrected chi connectivity index (χ0v) is 21.6. The van der Waals surface area contributed by atoms with Crippen molar-refractivity contribution in [3.8, 4) is 6.07 Å². The highest BCUT2D eigenvalue weighted by Gasteiger charge is 2.51. The van der Waals surface area contributed by atoms with Gasteiger partial charge in [-0.3, -0.25) is 4.79 Å². The second-order valence-corrected chi connectivity index (χ2v) is 12.2. The van der Waals surface area contributed by atoms with Gasteiger partial charge in [0.15, 0.2) is 0 Å². The highest BCUT2D eigenvalue weighted by atomic mass is 32.2. The fraction of sp³-hybridized carbons (Fsp3) is 0.667. The first kappa shape index (κ1) is 25.9. The minimum absolute atomic E-state index is 0.0399. The first-order chi connectivity index (χ1) is 16.6. The molecule has 0 spiro atoms. The number of hydrazine groups is 1. The Morgan fingerprint density at radius 2 is 1.94 bits per heavy atom. The van der Waals surface area contributed by atoms with Crippen LogP contribution >= 0.6 is 0 Å². The van der Waals surface area contributed by atoms with E-state index in [9.17, 15) is 18.5 Å². The Labute approximate surface area is 208 Å². The van der Waals surface area contributed by atoms with Crippen molar-refractivity contribution >= 4 is 21.6 Å². The van der Waals surface area contributed by atoms with E-state index in [0.717, 1.165) is 6.42 Å². The number of nitrogens with zero attached hydrogens (tertiary/aromatic N) is 3. The summed E-state index contributed by atoms with van der Waals surface area (Å²) in [5, 5.41) is 18.0. The second-order valence-electron chi connectivity index (χ2n) is 10.4. The maximum Gasteiger partial charge on any atom is 0.243 e. The summed E-state index contributed by atoms with van der Waals surface area (Å²) < 4.78 is 33.5. The quantitative estimate of drug-likeness (QED) is 0.532. The van der Waals surface area contributed by atoms with Crippen molar-refractivity contribution in [2.24, 2.45) is 11.8 Å². The van der Waals surface area contributed by atoms with E-state index in [1.54, 1.807) is 24.3 Å². The number of ether oxygens (including phenoxy) is 1. The Kier molecular flexibility index (Phi) is 7.41. The van der Waals surface area contributed by atoms with Crippen LogP contribution in [0, 0.1) is 23.2 Å². The first-order valence-corrected chi connectivity index (χ1v) is 13.7. The molecule has 3 fully saturated rings. The van der Waals surface area contributed by atoms with Crippen molar-refractivity contribution in [2.75, 3.05) is 31.6 Å². The number of piperidine rings is 1. The van der Waals surface area contributed by atoms with Crippen molar-refractivity contribution in [1.82, 2.24) is 20.1 Å². The molecule has 0 saturated carbocycles. The number of amides is 1. The Bertz CT molecular complexity index is 1060. The maximum atomic E-state index is 13.2. The lowest BCUT2D eigenvalue weighted by Gasteiger charge is -2.39. The van der Waals surface area contributed by atoms with E-state index < -0.39 is 21.7 Å². The van der Waals surface area contributed by atoms with Gasteiger partial charge in [-0.2, -0.15) is 9.57 Å². The van der Waals surface area contributed by atoms with Crippen LogP contribution < -0.4 is 16.1 Å². The molecule has 1 amide bonds. The number of carbonyl (C=O) groups excluding carboxylic acids is 1. The normalized spacial score (nSPS) is 29.9. The van der Waals surface area contributed by atoms with Crippen LogP contribution in [0.4, 0.5) is 5.69 Å². The first-order valence-electron chi connectivity index (χ1n) is 12.3. The van der Waals surface area contributed by atoms with E-state index in [2.05, 4.69) is 27.1 Å². The lowest BCUT2D eigenvalue weighted by molar-refractivity contribution is -0.128. The number of benzene rings is 1. The lowest BCUT2D eigenvalue weighted by atomic mass is 9.88. The summed E-state index contributed by atoms with van der Waals surface area (Å²) >= 11 is 0. The molecule has 0 aromatic heterocycles. The molecule has 3 heterocycles. The SMILES string of the molecule is CCN(C(C)(C)C)S(=O)(=O)c1ccc(NC2NN([C@H]3COCC[C@@H]3C#N)C3CCNC(=O)C23)cc1. The van der Waals surface area contributed by atoms with Gasteiger partial charge in [0, 0.05) is 37.0 Å². The monoisotopic (exact) mass is 504 g/mol. The number of fused-ring (bicyclic) bond motifs is 1. The predicted octanol–water partition coefficient (Wildman–Crippen LogP) is 1.49. The third-order valence-corrected chi connectivity index (χ3v) is 9.36. The van der Waals surface area contributed by atoms with E-state index in [1.165, 1.54) is 4.31 Å². The molecule has 0 radical (unpaired) electrons. The average molecular weight is 505 g/mol. The van der Waals surface area contributed by atoms with E-state index in [1.807, 2.05) is 27.7 Å². The number of sulfonamides is 1. The van der Waals surface area contributed by atoms with Gasteiger partial charge in [0.1, 0.15) is 6.17 Å². The number of nitrogens with one attached hydrogen (secondary N) is 3. The maximum absolute atomic E-state index is 13.2. The van der Waals surface area contributed by atoms with Crippen LogP contribution in [-0.2, 0) is 19.6 Å². The molecule has 0 bridgehead atoms. The van der Waals surface area contributed by atoms with Gasteiger partial charge in [0.25, 0.3) is 0 Å². The van der Waals surface area contributed by atoms with Gasteiger partial charge in [0.05, 0.1) is 35.4 Å². The molecule has 1 aromatic rings. The molecule has 35 heavy (non-hydrogen) atoms. The summed E-state index contributed by atoms with van der Waals surface area (Å²) in [6.45, 7) is 9.43. The van der Waals surface area contributed by atoms with Crippen molar-refractivity contribution in [3.63, 3.8) is 0 Å². The zero-order valence-electron chi connectivity index (χ0n) is 20.8. The Balaban J connectivity index is 1.54. The summed E-state index contributed by atoms with van der Waals surface area (Å²) in [6.07, 6.45) is 1.04. The highest BCUT2D eigenvalue weighted by molar-refractivity contribution is 7.89. The van der Waals surface area contributed by atoms with Gasteiger partial charge >= 0.3 is 0 Å². The van der Waals surface area contributed by atoms with Crippen LogP contribution in [0.25, 0.3) is 0 Å². The number of hydrogen-bond donors (Lipinski definition) is 3. The zero-order chi connectivity index (χ0) is 25.4. The van der Waals surface area contributed by atoms with Crippen LogP contribution in [0.15, 0.2) is 29.2 Å². The van der Waals surface area contributed by atoms with Crippen molar-refractivity contribution < 1.29 is 17.9 Å². The highest BCUT2D eigenvalue weighted by Crippen LogP contribution is 2.34. The van der Waals surface area contributed by atoms with Gasteiger partial charge < -0.3 is 15.4 Å². The number of nitriles is 1. The van der Waals surface area contributed by atoms with E-state index in [0.29, 0.717) is 38.4 Å².